The van der Waals surface area contributed by atoms with Crippen molar-refractivity contribution in [2.75, 3.05) is 19.8 Å². The number of hydrogen-bond acceptors (Lipinski definition) is 13. The van der Waals surface area contributed by atoms with Crippen LogP contribution in [0.4, 0.5) is 0 Å². The molecule has 2 aliphatic heterocycles. The maximum Gasteiger partial charge on any atom is 0.220 e. The SMILES string of the molecule is CC/C=C\C/C=C\C/C=C\C/C=C\C/C=C\C/C=C\C/C=C\C/C=C\CCCCCCCCCCCCC(=O)NC(COC1OC(CO)C(OC2OC(CO)C(O)C(O)C2O)C(O)C1O)C(O)/C=C/CC/C=C/CC/C=C/CCCCCCCCCC. The fourth-order valence-electron chi connectivity index (χ4n) is 10.2. The Kier molecular flexibility index (Phi) is 51.1. The van der Waals surface area contributed by atoms with Gasteiger partial charge in [0.15, 0.2) is 12.6 Å². The van der Waals surface area contributed by atoms with Crippen LogP contribution in [0.25, 0.3) is 0 Å². The fraction of sp³-hybridized carbons (Fsp3) is 0.685. The molecule has 87 heavy (non-hydrogen) atoms. The van der Waals surface area contributed by atoms with Crippen molar-refractivity contribution < 1.29 is 64.6 Å². The summed E-state index contributed by atoms with van der Waals surface area (Å²) in [6, 6.07) is -0.950. The minimum absolute atomic E-state index is 0.256. The molecule has 0 saturated carbocycles. The molecule has 0 aromatic carbocycles. The molecule has 0 aromatic rings. The Morgan fingerprint density at radius 2 is 0.805 bits per heavy atom. The number of aliphatic hydroxyl groups excluding tert-OH is 8. The molecule has 2 fully saturated rings. The van der Waals surface area contributed by atoms with Crippen LogP contribution in [0.3, 0.4) is 0 Å². The van der Waals surface area contributed by atoms with Gasteiger partial charge in [-0.15, -0.1) is 0 Å². The van der Waals surface area contributed by atoms with Crippen molar-refractivity contribution in [3.8, 4) is 0 Å². The van der Waals surface area contributed by atoms with E-state index in [1.165, 1.54) is 89.9 Å². The normalized spacial score (nSPS) is 24.2. The van der Waals surface area contributed by atoms with E-state index in [1.807, 2.05) is 6.08 Å². The topological polar surface area (TPSA) is 228 Å². The van der Waals surface area contributed by atoms with Crippen LogP contribution in [-0.4, -0.2) is 140 Å². The fourth-order valence-corrected chi connectivity index (χ4v) is 10.2. The summed E-state index contributed by atoms with van der Waals surface area (Å²) in [5.41, 5.74) is 0. The summed E-state index contributed by atoms with van der Waals surface area (Å²) in [5, 5.41) is 87.3. The van der Waals surface area contributed by atoms with Crippen LogP contribution >= 0.6 is 0 Å². The van der Waals surface area contributed by atoms with Crippen molar-refractivity contribution in [1.82, 2.24) is 5.32 Å². The first-order chi connectivity index (χ1) is 42.6. The summed E-state index contributed by atoms with van der Waals surface area (Å²) in [6.45, 7) is 2.64. The second kappa shape index (κ2) is 56.1. The molecule has 2 saturated heterocycles. The Hall–Kier alpha value is -3.87. The van der Waals surface area contributed by atoms with Gasteiger partial charge in [-0.25, -0.2) is 0 Å². The van der Waals surface area contributed by atoms with Gasteiger partial charge >= 0.3 is 0 Å². The van der Waals surface area contributed by atoms with E-state index in [4.69, 9.17) is 18.9 Å². The zero-order valence-electron chi connectivity index (χ0n) is 53.7. The summed E-state index contributed by atoms with van der Waals surface area (Å²) < 4.78 is 22.8. The summed E-state index contributed by atoms with van der Waals surface area (Å²) >= 11 is 0. The van der Waals surface area contributed by atoms with Crippen LogP contribution in [0, 0.1) is 0 Å². The van der Waals surface area contributed by atoms with Gasteiger partial charge in [0, 0.05) is 6.42 Å². The molecular weight excluding hydrogens is 1100 g/mol. The quantitative estimate of drug-likeness (QED) is 0.0204. The summed E-state index contributed by atoms with van der Waals surface area (Å²) in [5.74, 6) is -0.264. The number of ether oxygens (including phenoxy) is 4. The van der Waals surface area contributed by atoms with E-state index in [2.05, 4.69) is 141 Å². The Morgan fingerprint density at radius 3 is 1.26 bits per heavy atom. The van der Waals surface area contributed by atoms with Gasteiger partial charge in [-0.05, 0) is 109 Å². The Labute approximate surface area is 526 Å². The third-order valence-corrected chi connectivity index (χ3v) is 15.5. The number of hydrogen-bond donors (Lipinski definition) is 9. The first kappa shape index (κ1) is 79.2. The average Bonchev–Trinajstić information content (AvgIpc) is 3.71. The third kappa shape index (κ3) is 40.5. The Bertz CT molecular complexity index is 1970. The minimum atomic E-state index is -1.80. The lowest BCUT2D eigenvalue weighted by molar-refractivity contribution is -0.359. The maximum atomic E-state index is 13.3. The second-order valence-electron chi connectivity index (χ2n) is 23.2. The van der Waals surface area contributed by atoms with E-state index in [9.17, 15) is 45.6 Å². The van der Waals surface area contributed by atoms with Gasteiger partial charge < -0.3 is 65.1 Å². The molecule has 0 aliphatic carbocycles. The van der Waals surface area contributed by atoms with Gasteiger partial charge in [0.2, 0.25) is 5.91 Å². The minimum Gasteiger partial charge on any atom is -0.394 e. The van der Waals surface area contributed by atoms with Crippen LogP contribution in [0.15, 0.2) is 134 Å². The summed E-state index contributed by atoms with van der Waals surface area (Å²) in [7, 11) is 0. The molecular formula is C73H121NO13. The van der Waals surface area contributed by atoms with Gasteiger partial charge in [0.25, 0.3) is 0 Å². The number of allylic oxidation sites excluding steroid dienone is 21. The molecule has 14 heteroatoms. The number of unbranched alkanes of at least 4 members (excludes halogenated alkanes) is 20. The van der Waals surface area contributed by atoms with Gasteiger partial charge in [-0.2, -0.15) is 0 Å². The number of aliphatic hydroxyl groups is 8. The first-order valence-corrected chi connectivity index (χ1v) is 33.9. The number of carbonyl (C=O) groups is 1. The van der Waals surface area contributed by atoms with E-state index in [-0.39, 0.29) is 18.9 Å². The van der Waals surface area contributed by atoms with Crippen LogP contribution in [-0.2, 0) is 23.7 Å². The number of carbonyl (C=O) groups excluding carboxylic acids is 1. The number of nitrogens with one attached hydrogen (secondary N) is 1. The maximum absolute atomic E-state index is 13.3. The zero-order valence-corrected chi connectivity index (χ0v) is 53.7. The van der Waals surface area contributed by atoms with Gasteiger partial charge in [-0.1, -0.05) is 244 Å². The highest BCUT2D eigenvalue weighted by atomic mass is 16.7. The molecule has 496 valence electrons. The summed E-state index contributed by atoms with van der Waals surface area (Å²) in [6.07, 6.45) is 66.4. The van der Waals surface area contributed by atoms with Crippen molar-refractivity contribution in [3.63, 3.8) is 0 Å². The molecule has 0 aromatic heterocycles. The first-order valence-electron chi connectivity index (χ1n) is 33.9. The lowest BCUT2D eigenvalue weighted by Crippen LogP contribution is -2.65. The molecule has 2 heterocycles. The zero-order chi connectivity index (χ0) is 63.1. The van der Waals surface area contributed by atoms with E-state index >= 15 is 0 Å². The lowest BCUT2D eigenvalue weighted by atomic mass is 9.97. The molecule has 12 unspecified atom stereocenters. The molecule has 14 nitrogen and oxygen atoms in total. The van der Waals surface area contributed by atoms with Crippen molar-refractivity contribution in [3.05, 3.63) is 134 Å². The molecule has 2 rings (SSSR count). The Morgan fingerprint density at radius 1 is 0.425 bits per heavy atom. The molecule has 12 atom stereocenters. The number of amides is 1. The number of rotatable bonds is 53. The van der Waals surface area contributed by atoms with Crippen LogP contribution in [0.1, 0.15) is 226 Å². The van der Waals surface area contributed by atoms with E-state index in [0.717, 1.165) is 103 Å². The van der Waals surface area contributed by atoms with Gasteiger partial charge in [0.05, 0.1) is 32.0 Å². The van der Waals surface area contributed by atoms with Crippen molar-refractivity contribution in [2.24, 2.45) is 0 Å². The second-order valence-corrected chi connectivity index (χ2v) is 23.2. The highest BCUT2D eigenvalue weighted by Gasteiger charge is 2.51. The highest BCUT2D eigenvalue weighted by Crippen LogP contribution is 2.30. The van der Waals surface area contributed by atoms with Crippen LogP contribution in [0.2, 0.25) is 0 Å². The predicted octanol–water partition coefficient (Wildman–Crippen LogP) is 13.5. The molecule has 0 spiro atoms. The third-order valence-electron chi connectivity index (χ3n) is 15.5. The Balaban J connectivity index is 1.69. The van der Waals surface area contributed by atoms with Crippen molar-refractivity contribution in [1.29, 1.82) is 0 Å². The molecule has 0 bridgehead atoms. The van der Waals surface area contributed by atoms with Crippen molar-refractivity contribution in [2.45, 2.75) is 299 Å². The van der Waals surface area contributed by atoms with E-state index in [0.29, 0.717) is 12.8 Å². The molecule has 2 aliphatic rings. The summed E-state index contributed by atoms with van der Waals surface area (Å²) in [4.78, 5) is 13.3. The monoisotopic (exact) mass is 1220 g/mol. The van der Waals surface area contributed by atoms with Gasteiger partial charge in [0.1, 0.15) is 48.8 Å². The smallest absolute Gasteiger partial charge is 0.220 e. The van der Waals surface area contributed by atoms with Gasteiger partial charge in [-0.3, -0.25) is 4.79 Å². The van der Waals surface area contributed by atoms with Crippen molar-refractivity contribution >= 4 is 5.91 Å². The standard InChI is InChI=1S/C73H121NO13/c1-3-5-7-9-11-13-15-17-19-21-23-24-25-26-27-28-29-30-31-32-33-34-35-36-37-38-39-41-43-45-47-49-51-53-55-57-65(78)74-61(62(77)56-54-52-50-48-46-44-42-40-22-20-18-16-14-12-10-8-6-4-2)60-84-72-70(83)68(81)71(64(59-76)86-72)87-73-69(82)67(80)66(79)63(58-75)85-73/h5,7,11,13,17,19,22-24,26-27,29-30,32-33,35-36,40,46,48,54,56,61-64,66-73,75-77,79-83H,3-4,6,8-10,12,14-16,18,20-21,25,28,31,34,37-39,41-45,47,49-53,55,57-60H2,1-2H3,(H,74,78)/b7-5-,13-11-,19-17-,24-23-,27-26-,30-29-,33-32-,36-35-,40-22+,48-46+,56-54+. The molecule has 9 N–H and O–H groups in total. The van der Waals surface area contributed by atoms with E-state index in [1.54, 1.807) is 6.08 Å². The van der Waals surface area contributed by atoms with E-state index < -0.39 is 86.8 Å². The molecule has 0 radical (unpaired) electrons. The van der Waals surface area contributed by atoms with Crippen LogP contribution < -0.4 is 5.32 Å². The largest absolute Gasteiger partial charge is 0.394 e. The van der Waals surface area contributed by atoms with Crippen LogP contribution in [0.5, 0.6) is 0 Å². The predicted molar refractivity (Wildman–Crippen MR) is 355 cm³/mol. The molecule has 1 amide bonds. The highest BCUT2D eigenvalue weighted by molar-refractivity contribution is 5.76. The average molecular weight is 1220 g/mol. The lowest BCUT2D eigenvalue weighted by Gasteiger charge is -2.46.